The highest BCUT2D eigenvalue weighted by atomic mass is 32.2. The first-order valence-electron chi connectivity index (χ1n) is 6.04. The van der Waals surface area contributed by atoms with Crippen LogP contribution in [0.15, 0.2) is 0 Å². The number of sulfonamides is 1. The predicted molar refractivity (Wildman–Crippen MR) is 65.2 cm³/mol. The van der Waals surface area contributed by atoms with E-state index in [2.05, 4.69) is 6.92 Å². The van der Waals surface area contributed by atoms with Crippen LogP contribution >= 0.6 is 0 Å². The third-order valence-corrected chi connectivity index (χ3v) is 5.44. The molecule has 6 heteroatoms. The number of rotatable bonds is 5. The molecule has 0 aromatic heterocycles. The molecule has 1 N–H and O–H groups in total. The maximum atomic E-state index is 11.7. The summed E-state index contributed by atoms with van der Waals surface area (Å²) in [5.41, 5.74) is 0. The molecule has 0 atom stereocenters. The molecule has 0 saturated heterocycles. The second-order valence-corrected chi connectivity index (χ2v) is 6.78. The first-order chi connectivity index (χ1) is 7.86. The Labute approximate surface area is 103 Å². The lowest BCUT2D eigenvalue weighted by atomic mass is 9.85. The summed E-state index contributed by atoms with van der Waals surface area (Å²) in [6, 6.07) is -0.0258. The van der Waals surface area contributed by atoms with Crippen LogP contribution < -0.4 is 0 Å². The van der Waals surface area contributed by atoms with Crippen molar-refractivity contribution in [2.45, 2.75) is 45.1 Å². The van der Waals surface area contributed by atoms with Crippen molar-refractivity contribution in [2.75, 3.05) is 12.8 Å². The Morgan fingerprint density at radius 1 is 1.29 bits per heavy atom. The normalized spacial score (nSPS) is 26.1. The van der Waals surface area contributed by atoms with E-state index in [4.69, 9.17) is 5.11 Å². The SMILES string of the molecule is CCC1CCC(N(C)S(=O)(=O)CC(=O)O)CC1. The maximum absolute atomic E-state index is 11.7. The molecule has 1 saturated carbocycles. The molecule has 5 nitrogen and oxygen atoms in total. The number of carboxylic acids is 1. The van der Waals surface area contributed by atoms with Crippen molar-refractivity contribution in [3.8, 4) is 0 Å². The van der Waals surface area contributed by atoms with E-state index in [0.717, 1.165) is 32.1 Å². The van der Waals surface area contributed by atoms with E-state index in [1.54, 1.807) is 0 Å². The second kappa shape index (κ2) is 5.82. The lowest BCUT2D eigenvalue weighted by Crippen LogP contribution is -2.41. The molecule has 1 aliphatic rings. The fourth-order valence-corrected chi connectivity index (χ4v) is 3.58. The van der Waals surface area contributed by atoms with Gasteiger partial charge in [-0.2, -0.15) is 0 Å². The molecule has 0 spiro atoms. The van der Waals surface area contributed by atoms with Crippen molar-refractivity contribution in [1.29, 1.82) is 0 Å². The molecular formula is C11H21NO4S. The van der Waals surface area contributed by atoms with Crippen LogP contribution in [-0.2, 0) is 14.8 Å². The molecule has 0 aliphatic heterocycles. The maximum Gasteiger partial charge on any atom is 0.320 e. The van der Waals surface area contributed by atoms with Crippen LogP contribution in [0.2, 0.25) is 0 Å². The molecule has 100 valence electrons. The van der Waals surface area contributed by atoms with E-state index >= 15 is 0 Å². The molecule has 0 bridgehead atoms. The summed E-state index contributed by atoms with van der Waals surface area (Å²) in [6.07, 6.45) is 4.89. The van der Waals surface area contributed by atoms with E-state index in [1.165, 1.54) is 11.4 Å². The van der Waals surface area contributed by atoms with Crippen molar-refractivity contribution in [3.63, 3.8) is 0 Å². The Balaban J connectivity index is 2.59. The minimum atomic E-state index is -3.65. The van der Waals surface area contributed by atoms with Crippen LogP contribution in [0.1, 0.15) is 39.0 Å². The van der Waals surface area contributed by atoms with Crippen LogP contribution in [-0.4, -0.2) is 42.6 Å². The number of carboxylic acid groups (broad SMARTS) is 1. The summed E-state index contributed by atoms with van der Waals surface area (Å²) in [5.74, 6) is -1.40. The quantitative estimate of drug-likeness (QED) is 0.811. The largest absolute Gasteiger partial charge is 0.480 e. The summed E-state index contributed by atoms with van der Waals surface area (Å²) in [4.78, 5) is 10.5. The molecule has 0 heterocycles. The van der Waals surface area contributed by atoms with Crippen molar-refractivity contribution >= 4 is 16.0 Å². The van der Waals surface area contributed by atoms with Crippen LogP contribution in [0.5, 0.6) is 0 Å². The van der Waals surface area contributed by atoms with Crippen molar-refractivity contribution < 1.29 is 18.3 Å². The van der Waals surface area contributed by atoms with E-state index in [0.29, 0.717) is 5.92 Å². The minimum absolute atomic E-state index is 0.0258. The van der Waals surface area contributed by atoms with Gasteiger partial charge in [0.05, 0.1) is 0 Å². The van der Waals surface area contributed by atoms with Gasteiger partial charge in [0.25, 0.3) is 0 Å². The van der Waals surface area contributed by atoms with Gasteiger partial charge in [-0.1, -0.05) is 13.3 Å². The van der Waals surface area contributed by atoms with Crippen LogP contribution in [0.3, 0.4) is 0 Å². The molecule has 17 heavy (non-hydrogen) atoms. The molecule has 1 rings (SSSR count). The first-order valence-corrected chi connectivity index (χ1v) is 7.65. The monoisotopic (exact) mass is 263 g/mol. The molecule has 0 radical (unpaired) electrons. The average molecular weight is 263 g/mol. The number of carbonyl (C=O) groups is 1. The zero-order valence-electron chi connectivity index (χ0n) is 10.4. The Bertz CT molecular complexity index is 358. The first kappa shape index (κ1) is 14.4. The topological polar surface area (TPSA) is 74.7 Å². The van der Waals surface area contributed by atoms with E-state index < -0.39 is 21.7 Å². The standard InChI is InChI=1S/C11H21NO4S/c1-3-9-4-6-10(7-5-9)12(2)17(15,16)8-11(13)14/h9-10H,3-8H2,1-2H3,(H,13,14). The third kappa shape index (κ3) is 3.96. The molecule has 0 aromatic rings. The minimum Gasteiger partial charge on any atom is -0.480 e. The van der Waals surface area contributed by atoms with Gasteiger partial charge in [0, 0.05) is 13.1 Å². The number of nitrogens with zero attached hydrogens (tertiary/aromatic N) is 1. The molecule has 0 amide bonds. The molecule has 1 aliphatic carbocycles. The van der Waals surface area contributed by atoms with E-state index in [-0.39, 0.29) is 6.04 Å². The van der Waals surface area contributed by atoms with Crippen molar-refractivity contribution in [1.82, 2.24) is 4.31 Å². The van der Waals surface area contributed by atoms with Crippen LogP contribution in [0.4, 0.5) is 0 Å². The van der Waals surface area contributed by atoms with E-state index in [9.17, 15) is 13.2 Å². The fourth-order valence-electron chi connectivity index (χ4n) is 2.40. The van der Waals surface area contributed by atoms with Gasteiger partial charge in [0.1, 0.15) is 0 Å². The van der Waals surface area contributed by atoms with Gasteiger partial charge in [0.2, 0.25) is 10.0 Å². The zero-order valence-corrected chi connectivity index (χ0v) is 11.2. The van der Waals surface area contributed by atoms with Crippen LogP contribution in [0.25, 0.3) is 0 Å². The van der Waals surface area contributed by atoms with Gasteiger partial charge in [-0.3, -0.25) is 4.79 Å². The Morgan fingerprint density at radius 2 is 1.82 bits per heavy atom. The highest BCUT2D eigenvalue weighted by Crippen LogP contribution is 2.29. The van der Waals surface area contributed by atoms with Gasteiger partial charge in [-0.25, -0.2) is 12.7 Å². The number of hydrogen-bond acceptors (Lipinski definition) is 3. The van der Waals surface area contributed by atoms with Crippen molar-refractivity contribution in [3.05, 3.63) is 0 Å². The zero-order chi connectivity index (χ0) is 13.1. The average Bonchev–Trinajstić information content (AvgIpc) is 2.26. The van der Waals surface area contributed by atoms with E-state index in [1.807, 2.05) is 0 Å². The molecule has 0 unspecified atom stereocenters. The number of aliphatic carboxylic acids is 1. The third-order valence-electron chi connectivity index (χ3n) is 3.65. The summed E-state index contributed by atoms with van der Waals surface area (Å²) in [6.45, 7) is 2.15. The highest BCUT2D eigenvalue weighted by molar-refractivity contribution is 7.89. The molecular weight excluding hydrogens is 242 g/mol. The molecule has 1 fully saturated rings. The smallest absolute Gasteiger partial charge is 0.320 e. The fraction of sp³-hybridized carbons (Fsp3) is 0.909. The summed E-state index contributed by atoms with van der Waals surface area (Å²) >= 11 is 0. The lowest BCUT2D eigenvalue weighted by molar-refractivity contribution is -0.134. The van der Waals surface area contributed by atoms with Crippen LogP contribution in [0, 0.1) is 5.92 Å². The predicted octanol–water partition coefficient (Wildman–Crippen LogP) is 1.30. The Kier molecular flexibility index (Phi) is 4.94. The van der Waals surface area contributed by atoms with Crippen molar-refractivity contribution in [2.24, 2.45) is 5.92 Å². The summed E-state index contributed by atoms with van der Waals surface area (Å²) in [7, 11) is -2.15. The van der Waals surface area contributed by atoms with Gasteiger partial charge in [-0.15, -0.1) is 0 Å². The summed E-state index contributed by atoms with van der Waals surface area (Å²) in [5, 5.41) is 8.57. The lowest BCUT2D eigenvalue weighted by Gasteiger charge is -2.33. The van der Waals surface area contributed by atoms with Gasteiger partial charge in [-0.05, 0) is 31.6 Å². The Morgan fingerprint density at radius 3 is 2.24 bits per heavy atom. The Hall–Kier alpha value is -0.620. The van der Waals surface area contributed by atoms with Gasteiger partial charge >= 0.3 is 5.97 Å². The molecule has 0 aromatic carbocycles. The number of hydrogen-bond donors (Lipinski definition) is 1. The van der Waals surface area contributed by atoms with Gasteiger partial charge in [0.15, 0.2) is 5.75 Å². The summed E-state index contributed by atoms with van der Waals surface area (Å²) < 4.78 is 24.7. The second-order valence-electron chi connectivity index (χ2n) is 4.75. The highest BCUT2D eigenvalue weighted by Gasteiger charge is 2.31. The van der Waals surface area contributed by atoms with Gasteiger partial charge < -0.3 is 5.11 Å².